The summed E-state index contributed by atoms with van der Waals surface area (Å²) in [5.41, 5.74) is 3.68. The van der Waals surface area contributed by atoms with Crippen LogP contribution in [0.25, 0.3) is 11.3 Å². The number of hydrogen-bond acceptors (Lipinski definition) is 6. The van der Waals surface area contributed by atoms with Gasteiger partial charge in [0.2, 0.25) is 10.0 Å². The third-order valence-corrected chi connectivity index (χ3v) is 6.28. The van der Waals surface area contributed by atoms with Gasteiger partial charge >= 0.3 is 0 Å². The standard InChI is InChI=1S/C26H29FN2O5S/c1-16-6-7-18(26(28-16)20-10-13-24(33-3)25(15-20)34-4)9-12-23(30)17(2)19-8-11-22(21(27)14-19)29-35(5,31)32/h6-8,10-11,13-15,17,29H,9,12H2,1-5H3. The van der Waals surface area contributed by atoms with Gasteiger partial charge in [-0.2, -0.15) is 0 Å². The number of benzene rings is 2. The lowest BCUT2D eigenvalue weighted by Crippen LogP contribution is -2.13. The first kappa shape index (κ1) is 26.2. The second-order valence-corrected chi connectivity index (χ2v) is 10.1. The maximum absolute atomic E-state index is 14.4. The first-order chi connectivity index (χ1) is 16.5. The largest absolute Gasteiger partial charge is 0.493 e. The number of carbonyl (C=O) groups excluding carboxylic acids is 1. The molecule has 9 heteroatoms. The Labute approximate surface area is 205 Å². The number of aryl methyl sites for hydroxylation is 2. The third kappa shape index (κ3) is 6.57. The number of halogens is 1. The second kappa shape index (κ2) is 10.9. The number of carbonyl (C=O) groups is 1. The van der Waals surface area contributed by atoms with Crippen LogP contribution in [-0.2, 0) is 21.2 Å². The van der Waals surface area contributed by atoms with E-state index in [2.05, 4.69) is 4.72 Å². The Morgan fingerprint density at radius 2 is 1.77 bits per heavy atom. The van der Waals surface area contributed by atoms with E-state index in [4.69, 9.17) is 14.5 Å². The minimum atomic E-state index is -3.60. The van der Waals surface area contributed by atoms with Crippen molar-refractivity contribution in [2.24, 2.45) is 0 Å². The molecule has 0 aliphatic heterocycles. The molecule has 0 radical (unpaired) electrons. The molecule has 0 fully saturated rings. The van der Waals surface area contributed by atoms with Gasteiger partial charge in [0, 0.05) is 23.6 Å². The van der Waals surface area contributed by atoms with E-state index in [1.165, 1.54) is 12.1 Å². The predicted octanol–water partition coefficient (Wildman–Crippen LogP) is 4.89. The highest BCUT2D eigenvalue weighted by Crippen LogP contribution is 2.33. The molecule has 0 aliphatic carbocycles. The van der Waals surface area contributed by atoms with Gasteiger partial charge in [0.1, 0.15) is 11.6 Å². The van der Waals surface area contributed by atoms with Crippen molar-refractivity contribution in [2.75, 3.05) is 25.2 Å². The van der Waals surface area contributed by atoms with Crippen molar-refractivity contribution >= 4 is 21.5 Å². The van der Waals surface area contributed by atoms with Gasteiger partial charge in [-0.05, 0) is 60.9 Å². The summed E-state index contributed by atoms with van der Waals surface area (Å²) in [5, 5.41) is 0. The second-order valence-electron chi connectivity index (χ2n) is 8.33. The molecule has 1 aromatic heterocycles. The molecule has 1 atom stereocenters. The average molecular weight is 501 g/mol. The molecular formula is C26H29FN2O5S. The number of methoxy groups -OCH3 is 2. The van der Waals surface area contributed by atoms with Gasteiger partial charge in [-0.25, -0.2) is 12.8 Å². The van der Waals surface area contributed by atoms with Crippen molar-refractivity contribution in [1.29, 1.82) is 0 Å². The number of rotatable bonds is 10. The van der Waals surface area contributed by atoms with Crippen molar-refractivity contribution in [1.82, 2.24) is 4.98 Å². The Kier molecular flexibility index (Phi) is 8.11. The number of aromatic nitrogens is 1. The van der Waals surface area contributed by atoms with Crippen LogP contribution < -0.4 is 14.2 Å². The van der Waals surface area contributed by atoms with Crippen LogP contribution in [0.15, 0.2) is 48.5 Å². The molecule has 1 heterocycles. The lowest BCUT2D eigenvalue weighted by Gasteiger charge is -2.15. The molecule has 3 rings (SSSR count). The molecule has 35 heavy (non-hydrogen) atoms. The van der Waals surface area contributed by atoms with Crippen molar-refractivity contribution in [3.8, 4) is 22.8 Å². The summed E-state index contributed by atoms with van der Waals surface area (Å²) < 4.78 is 50.0. The summed E-state index contributed by atoms with van der Waals surface area (Å²) >= 11 is 0. The number of nitrogens with one attached hydrogen (secondary N) is 1. The molecule has 0 amide bonds. The Bertz CT molecular complexity index is 1340. The van der Waals surface area contributed by atoms with E-state index in [-0.39, 0.29) is 17.9 Å². The molecule has 1 unspecified atom stereocenters. The van der Waals surface area contributed by atoms with Crippen molar-refractivity contribution < 1.29 is 27.1 Å². The molecule has 2 aromatic carbocycles. The highest BCUT2D eigenvalue weighted by Gasteiger charge is 2.19. The van der Waals surface area contributed by atoms with Gasteiger partial charge in [0.25, 0.3) is 0 Å². The monoisotopic (exact) mass is 500 g/mol. The highest BCUT2D eigenvalue weighted by molar-refractivity contribution is 7.92. The predicted molar refractivity (Wildman–Crippen MR) is 134 cm³/mol. The number of nitrogens with zero attached hydrogens (tertiary/aromatic N) is 1. The fourth-order valence-corrected chi connectivity index (χ4v) is 4.33. The van der Waals surface area contributed by atoms with Crippen LogP contribution in [-0.4, -0.2) is 39.7 Å². The summed E-state index contributed by atoms with van der Waals surface area (Å²) in [6.45, 7) is 3.61. The number of Topliss-reactive ketones (excluding diaryl/α,β-unsaturated/α-hetero) is 1. The maximum atomic E-state index is 14.4. The molecule has 0 saturated carbocycles. The van der Waals surface area contributed by atoms with E-state index in [1.807, 2.05) is 37.3 Å². The minimum Gasteiger partial charge on any atom is -0.493 e. The molecule has 1 N–H and O–H groups in total. The van der Waals surface area contributed by atoms with Crippen molar-refractivity contribution in [3.05, 3.63) is 71.2 Å². The van der Waals surface area contributed by atoms with Gasteiger partial charge in [0.15, 0.2) is 11.5 Å². The quantitative estimate of drug-likeness (QED) is 0.426. The fourth-order valence-electron chi connectivity index (χ4n) is 3.76. The first-order valence-corrected chi connectivity index (χ1v) is 12.9. The molecule has 7 nitrogen and oxygen atoms in total. The van der Waals surface area contributed by atoms with Gasteiger partial charge in [0.05, 0.1) is 31.9 Å². The van der Waals surface area contributed by atoms with E-state index in [0.29, 0.717) is 23.5 Å². The number of anilines is 1. The van der Waals surface area contributed by atoms with E-state index < -0.39 is 21.8 Å². The number of ketones is 1. The molecule has 0 spiro atoms. The number of pyridine rings is 1. The average Bonchev–Trinajstić information content (AvgIpc) is 2.82. The normalized spacial score (nSPS) is 12.2. The van der Waals surface area contributed by atoms with Gasteiger partial charge in [-0.3, -0.25) is 14.5 Å². The van der Waals surface area contributed by atoms with Crippen LogP contribution in [0.4, 0.5) is 10.1 Å². The molecule has 0 saturated heterocycles. The third-order valence-electron chi connectivity index (χ3n) is 5.69. The lowest BCUT2D eigenvalue weighted by atomic mass is 9.91. The minimum absolute atomic E-state index is 0.0629. The highest BCUT2D eigenvalue weighted by atomic mass is 32.2. The zero-order valence-electron chi connectivity index (χ0n) is 20.4. The number of ether oxygens (including phenoxy) is 2. The van der Waals surface area contributed by atoms with Crippen molar-refractivity contribution in [3.63, 3.8) is 0 Å². The van der Waals surface area contributed by atoms with Crippen LogP contribution in [0.1, 0.15) is 36.1 Å². The van der Waals surface area contributed by atoms with Gasteiger partial charge in [-0.1, -0.05) is 19.1 Å². The maximum Gasteiger partial charge on any atom is 0.229 e. The van der Waals surface area contributed by atoms with Crippen LogP contribution in [0.2, 0.25) is 0 Å². The van der Waals surface area contributed by atoms with Crippen molar-refractivity contribution in [2.45, 2.75) is 32.6 Å². The van der Waals surface area contributed by atoms with E-state index in [9.17, 15) is 17.6 Å². The molecular weight excluding hydrogens is 471 g/mol. The number of hydrogen-bond donors (Lipinski definition) is 1. The Balaban J connectivity index is 1.79. The smallest absolute Gasteiger partial charge is 0.229 e. The van der Waals surface area contributed by atoms with Crippen LogP contribution in [0.3, 0.4) is 0 Å². The van der Waals surface area contributed by atoms with E-state index in [0.717, 1.165) is 28.8 Å². The first-order valence-electron chi connectivity index (χ1n) is 11.0. The molecule has 186 valence electrons. The molecule has 0 aliphatic rings. The van der Waals surface area contributed by atoms with Crippen LogP contribution in [0.5, 0.6) is 11.5 Å². The zero-order chi connectivity index (χ0) is 25.8. The lowest BCUT2D eigenvalue weighted by molar-refractivity contribution is -0.120. The molecule has 0 bridgehead atoms. The Hall–Kier alpha value is -3.46. The van der Waals surface area contributed by atoms with Gasteiger partial charge in [-0.15, -0.1) is 0 Å². The summed E-state index contributed by atoms with van der Waals surface area (Å²) in [7, 11) is -0.465. The Morgan fingerprint density at radius 1 is 1.06 bits per heavy atom. The van der Waals surface area contributed by atoms with Crippen LogP contribution >= 0.6 is 0 Å². The summed E-state index contributed by atoms with van der Waals surface area (Å²) in [6, 6.07) is 13.5. The number of sulfonamides is 1. The zero-order valence-corrected chi connectivity index (χ0v) is 21.2. The summed E-state index contributed by atoms with van der Waals surface area (Å²) in [5.74, 6) is -0.155. The van der Waals surface area contributed by atoms with E-state index >= 15 is 0 Å². The summed E-state index contributed by atoms with van der Waals surface area (Å²) in [4.78, 5) is 17.6. The van der Waals surface area contributed by atoms with Gasteiger partial charge < -0.3 is 9.47 Å². The summed E-state index contributed by atoms with van der Waals surface area (Å²) in [6.07, 6.45) is 1.64. The Morgan fingerprint density at radius 3 is 2.40 bits per heavy atom. The molecule has 3 aromatic rings. The van der Waals surface area contributed by atoms with E-state index in [1.54, 1.807) is 27.2 Å². The fraction of sp³-hybridized carbons (Fsp3) is 0.308. The topological polar surface area (TPSA) is 94.6 Å². The van der Waals surface area contributed by atoms with Crippen LogP contribution in [0, 0.1) is 12.7 Å². The SMILES string of the molecule is COc1ccc(-c2nc(C)ccc2CCC(=O)C(C)c2ccc(NS(C)(=O)=O)c(F)c2)cc1OC.